The van der Waals surface area contributed by atoms with Crippen LogP contribution >= 0.6 is 0 Å². The van der Waals surface area contributed by atoms with Gasteiger partial charge in [0.1, 0.15) is 6.10 Å². The highest BCUT2D eigenvalue weighted by molar-refractivity contribution is 5.69. The van der Waals surface area contributed by atoms with Gasteiger partial charge in [-0.3, -0.25) is 9.59 Å². The Hall–Kier alpha value is -2.10. The molecule has 1 unspecified atom stereocenters. The molecule has 1 N–H and O–H groups in total. The van der Waals surface area contributed by atoms with Gasteiger partial charge in [0.05, 0.1) is 0 Å². The summed E-state index contributed by atoms with van der Waals surface area (Å²) >= 11 is 0. The zero-order valence-corrected chi connectivity index (χ0v) is 30.4. The molecule has 0 aliphatic rings. The number of carboxylic acids is 1. The van der Waals surface area contributed by atoms with Crippen LogP contribution in [0.2, 0.25) is 0 Å². The van der Waals surface area contributed by atoms with E-state index in [4.69, 9.17) is 9.84 Å². The molecule has 0 rings (SSSR count). The average Bonchev–Trinajstić information content (AvgIpc) is 3.04. The Balaban J connectivity index is 3.96. The molecule has 46 heavy (non-hydrogen) atoms. The van der Waals surface area contributed by atoms with Gasteiger partial charge in [-0.05, 0) is 77.0 Å². The molecule has 0 bridgehead atoms. The highest BCUT2D eigenvalue weighted by Gasteiger charge is 2.14. The predicted molar refractivity (Wildman–Crippen MR) is 199 cm³/mol. The zero-order valence-electron chi connectivity index (χ0n) is 30.4. The van der Waals surface area contributed by atoms with Crippen LogP contribution in [0.1, 0.15) is 200 Å². The second-order valence-electron chi connectivity index (χ2n) is 13.1. The Morgan fingerprint density at radius 1 is 0.500 bits per heavy atom. The fraction of sp³-hybridized carbons (Fsp3) is 0.762. The largest absolute Gasteiger partial charge is 0.481 e. The maximum absolute atomic E-state index is 12.6. The van der Waals surface area contributed by atoms with E-state index in [1.807, 2.05) is 0 Å². The molecule has 0 aliphatic heterocycles. The minimum Gasteiger partial charge on any atom is -0.481 e. The highest BCUT2D eigenvalue weighted by atomic mass is 16.5. The van der Waals surface area contributed by atoms with E-state index in [9.17, 15) is 9.59 Å². The molecule has 0 spiro atoms. The molecule has 0 aromatic rings. The lowest BCUT2D eigenvalue weighted by molar-refractivity contribution is -0.150. The van der Waals surface area contributed by atoms with Crippen molar-refractivity contribution in [1.82, 2.24) is 0 Å². The summed E-state index contributed by atoms with van der Waals surface area (Å²) in [5, 5.41) is 8.68. The standard InChI is InChI=1S/C42H74O4/c1-3-5-7-9-10-11-12-13-14-18-21-24-27-31-35-39-42(45)46-40(36-32-28-8-6-4-2)37-33-29-25-22-19-16-15-17-20-23-26-30-34-38-41(43)44/h5,7,10-11,13-14,21,24,40H,3-4,6,8-9,12,15-20,22-23,25-39H2,1-2H3,(H,43,44)/b7-5-,11-10-,14-13-,24-21-. The lowest BCUT2D eigenvalue weighted by atomic mass is 10.0. The van der Waals surface area contributed by atoms with Gasteiger partial charge in [0, 0.05) is 12.8 Å². The lowest BCUT2D eigenvalue weighted by Crippen LogP contribution is -2.18. The molecule has 0 fully saturated rings. The van der Waals surface area contributed by atoms with Crippen molar-refractivity contribution in [3.8, 4) is 0 Å². The van der Waals surface area contributed by atoms with Gasteiger partial charge in [-0.25, -0.2) is 0 Å². The average molecular weight is 643 g/mol. The molecule has 1 atom stereocenters. The molecule has 0 aliphatic carbocycles. The SMILES string of the molecule is CC/C=C\C/C=C\C/C=C\C/C=C\CCCCC(=O)OC(CCCCCCC)CCCCCCCCCCCCCCCC(=O)O. The van der Waals surface area contributed by atoms with E-state index in [1.54, 1.807) is 0 Å². The fourth-order valence-electron chi connectivity index (χ4n) is 5.70. The second-order valence-corrected chi connectivity index (χ2v) is 13.1. The molecule has 266 valence electrons. The topological polar surface area (TPSA) is 63.6 Å². The number of rotatable bonds is 35. The Morgan fingerprint density at radius 3 is 1.39 bits per heavy atom. The number of carboxylic acid groups (broad SMARTS) is 1. The van der Waals surface area contributed by atoms with E-state index in [1.165, 1.54) is 103 Å². The lowest BCUT2D eigenvalue weighted by Gasteiger charge is -2.18. The predicted octanol–water partition coefficient (Wildman–Crippen LogP) is 13.6. The number of aliphatic carboxylic acids is 1. The number of ether oxygens (including phenoxy) is 1. The molecule has 0 radical (unpaired) electrons. The Morgan fingerprint density at radius 2 is 0.913 bits per heavy atom. The van der Waals surface area contributed by atoms with E-state index in [2.05, 4.69) is 62.5 Å². The second kappa shape index (κ2) is 37.4. The van der Waals surface area contributed by atoms with Crippen LogP contribution in [0, 0.1) is 0 Å². The highest BCUT2D eigenvalue weighted by Crippen LogP contribution is 2.18. The molecular formula is C42H74O4. The number of unbranched alkanes of at least 4 members (excludes halogenated alkanes) is 18. The molecule has 0 saturated carbocycles. The monoisotopic (exact) mass is 643 g/mol. The summed E-state index contributed by atoms with van der Waals surface area (Å²) in [6.45, 7) is 4.41. The van der Waals surface area contributed by atoms with Gasteiger partial charge in [-0.1, -0.05) is 159 Å². The molecular weight excluding hydrogens is 568 g/mol. The van der Waals surface area contributed by atoms with E-state index in [-0.39, 0.29) is 12.1 Å². The van der Waals surface area contributed by atoms with Gasteiger partial charge in [0.2, 0.25) is 0 Å². The summed E-state index contributed by atoms with van der Waals surface area (Å²) in [6, 6.07) is 0. The molecule has 4 nitrogen and oxygen atoms in total. The van der Waals surface area contributed by atoms with Gasteiger partial charge in [-0.2, -0.15) is 0 Å². The maximum atomic E-state index is 12.6. The van der Waals surface area contributed by atoms with Crippen LogP contribution in [0.25, 0.3) is 0 Å². The van der Waals surface area contributed by atoms with Crippen molar-refractivity contribution < 1.29 is 19.4 Å². The third kappa shape index (κ3) is 36.4. The maximum Gasteiger partial charge on any atom is 0.306 e. The van der Waals surface area contributed by atoms with Crippen molar-refractivity contribution in [3.63, 3.8) is 0 Å². The van der Waals surface area contributed by atoms with Crippen LogP contribution in [0.15, 0.2) is 48.6 Å². The van der Waals surface area contributed by atoms with Crippen LogP contribution < -0.4 is 0 Å². The molecule has 0 aromatic carbocycles. The minimum atomic E-state index is -0.670. The number of carbonyl (C=O) groups excluding carboxylic acids is 1. The van der Waals surface area contributed by atoms with Crippen LogP contribution in [0.3, 0.4) is 0 Å². The number of allylic oxidation sites excluding steroid dienone is 8. The van der Waals surface area contributed by atoms with E-state index in [0.29, 0.717) is 12.8 Å². The van der Waals surface area contributed by atoms with Crippen molar-refractivity contribution in [1.29, 1.82) is 0 Å². The zero-order chi connectivity index (χ0) is 33.6. The third-order valence-electron chi connectivity index (χ3n) is 8.57. The van der Waals surface area contributed by atoms with Crippen LogP contribution in [0.4, 0.5) is 0 Å². The van der Waals surface area contributed by atoms with Gasteiger partial charge in [0.25, 0.3) is 0 Å². The van der Waals surface area contributed by atoms with Crippen molar-refractivity contribution in [2.24, 2.45) is 0 Å². The first-order valence-electron chi connectivity index (χ1n) is 19.6. The normalized spacial score (nSPS) is 12.7. The van der Waals surface area contributed by atoms with Crippen molar-refractivity contribution >= 4 is 11.9 Å². The summed E-state index contributed by atoms with van der Waals surface area (Å²) in [5.74, 6) is -0.666. The summed E-state index contributed by atoms with van der Waals surface area (Å²) < 4.78 is 6.00. The first-order chi connectivity index (χ1) is 22.6. The summed E-state index contributed by atoms with van der Waals surface area (Å²) in [4.78, 5) is 23.2. The van der Waals surface area contributed by atoms with Gasteiger partial charge in [0.15, 0.2) is 0 Å². The number of carbonyl (C=O) groups is 2. The summed E-state index contributed by atoms with van der Waals surface area (Å²) in [7, 11) is 0. The van der Waals surface area contributed by atoms with Gasteiger partial charge >= 0.3 is 11.9 Å². The Bertz CT molecular complexity index is 779. The quantitative estimate of drug-likeness (QED) is 0.0424. The van der Waals surface area contributed by atoms with E-state index >= 15 is 0 Å². The van der Waals surface area contributed by atoms with E-state index in [0.717, 1.165) is 70.6 Å². The first kappa shape index (κ1) is 43.9. The molecule has 0 amide bonds. The molecule has 0 aromatic heterocycles. The number of hydrogen-bond acceptors (Lipinski definition) is 3. The summed E-state index contributed by atoms with van der Waals surface area (Å²) in [6.07, 6.45) is 50.1. The molecule has 0 saturated heterocycles. The number of esters is 1. The van der Waals surface area contributed by atoms with Crippen LogP contribution in [-0.4, -0.2) is 23.1 Å². The van der Waals surface area contributed by atoms with Crippen molar-refractivity contribution in [3.05, 3.63) is 48.6 Å². The third-order valence-corrected chi connectivity index (χ3v) is 8.57. The Labute approximate surface area is 285 Å². The smallest absolute Gasteiger partial charge is 0.306 e. The summed E-state index contributed by atoms with van der Waals surface area (Å²) in [5.41, 5.74) is 0. The van der Waals surface area contributed by atoms with Gasteiger partial charge < -0.3 is 9.84 Å². The van der Waals surface area contributed by atoms with Gasteiger partial charge in [-0.15, -0.1) is 0 Å². The minimum absolute atomic E-state index is 0.00368. The molecule has 0 heterocycles. The number of hydrogen-bond donors (Lipinski definition) is 1. The van der Waals surface area contributed by atoms with Crippen molar-refractivity contribution in [2.75, 3.05) is 0 Å². The first-order valence-corrected chi connectivity index (χ1v) is 19.6. The van der Waals surface area contributed by atoms with Crippen molar-refractivity contribution in [2.45, 2.75) is 206 Å². The van der Waals surface area contributed by atoms with Crippen LogP contribution in [0.5, 0.6) is 0 Å². The van der Waals surface area contributed by atoms with Crippen LogP contribution in [-0.2, 0) is 14.3 Å². The fourth-order valence-corrected chi connectivity index (χ4v) is 5.70. The Kier molecular flexibility index (Phi) is 35.7. The van der Waals surface area contributed by atoms with E-state index < -0.39 is 5.97 Å². The molecule has 4 heteroatoms.